The molecule has 1 amide bonds. The van der Waals surface area contributed by atoms with E-state index in [0.717, 1.165) is 18.7 Å². The first-order valence-electron chi connectivity index (χ1n) is 8.64. The zero-order chi connectivity index (χ0) is 17.7. The van der Waals surface area contributed by atoms with E-state index in [1.807, 2.05) is 32.9 Å². The van der Waals surface area contributed by atoms with Gasteiger partial charge in [-0.15, -0.1) is 0 Å². The molecule has 2 rings (SSSR count). The third kappa shape index (κ3) is 3.96. The van der Waals surface area contributed by atoms with Gasteiger partial charge in [-0.25, -0.2) is 4.99 Å². The summed E-state index contributed by atoms with van der Waals surface area (Å²) in [5.41, 5.74) is 2.12. The summed E-state index contributed by atoms with van der Waals surface area (Å²) in [7, 11) is 0. The van der Waals surface area contributed by atoms with Crippen molar-refractivity contribution >= 4 is 23.7 Å². The van der Waals surface area contributed by atoms with Crippen LogP contribution >= 0.6 is 0 Å². The van der Waals surface area contributed by atoms with Crippen LogP contribution in [-0.4, -0.2) is 42.5 Å². The normalized spacial score (nSPS) is 17.9. The number of benzene rings is 1. The predicted molar refractivity (Wildman–Crippen MR) is 99.0 cm³/mol. The minimum Gasteiger partial charge on any atom is -0.420 e. The SMILES string of the molecule is CCN1C(=O)/C(=C\c2ccc(N(CC)CC)cc2)O/C1=N/C(C)C. The molecule has 0 aliphatic carbocycles. The van der Waals surface area contributed by atoms with Crippen LogP contribution in [0.1, 0.15) is 40.2 Å². The average molecular weight is 329 g/mol. The number of rotatable bonds is 6. The number of hydrogen-bond acceptors (Lipinski definition) is 4. The number of likely N-dealkylation sites (N-methyl/N-ethyl adjacent to an activating group) is 1. The molecule has 0 spiro atoms. The number of aliphatic imine (C=N–C) groups is 1. The molecular formula is C19H27N3O2. The fraction of sp³-hybridized carbons (Fsp3) is 0.474. The van der Waals surface area contributed by atoms with Gasteiger partial charge >= 0.3 is 6.02 Å². The summed E-state index contributed by atoms with van der Waals surface area (Å²) in [6.07, 6.45) is 1.78. The Morgan fingerprint density at radius 3 is 2.29 bits per heavy atom. The van der Waals surface area contributed by atoms with Crippen molar-refractivity contribution in [3.8, 4) is 0 Å². The summed E-state index contributed by atoms with van der Waals surface area (Å²) >= 11 is 0. The summed E-state index contributed by atoms with van der Waals surface area (Å²) in [6.45, 7) is 12.6. The zero-order valence-corrected chi connectivity index (χ0v) is 15.2. The van der Waals surface area contributed by atoms with Gasteiger partial charge in [0, 0.05) is 31.4 Å². The first-order chi connectivity index (χ1) is 11.5. The highest BCUT2D eigenvalue weighted by Gasteiger charge is 2.33. The third-order valence-corrected chi connectivity index (χ3v) is 3.89. The molecule has 0 radical (unpaired) electrons. The topological polar surface area (TPSA) is 45.1 Å². The quantitative estimate of drug-likeness (QED) is 0.750. The Bertz CT molecular complexity index is 629. The number of carbonyl (C=O) groups excluding carboxylic acids is 1. The maximum absolute atomic E-state index is 12.4. The van der Waals surface area contributed by atoms with Crippen LogP contribution in [-0.2, 0) is 9.53 Å². The minimum absolute atomic E-state index is 0.0783. The molecule has 24 heavy (non-hydrogen) atoms. The molecule has 5 nitrogen and oxygen atoms in total. The highest BCUT2D eigenvalue weighted by Crippen LogP contribution is 2.22. The van der Waals surface area contributed by atoms with Crippen LogP contribution in [0.4, 0.5) is 5.69 Å². The highest BCUT2D eigenvalue weighted by molar-refractivity contribution is 6.11. The molecule has 1 aliphatic heterocycles. The van der Waals surface area contributed by atoms with E-state index >= 15 is 0 Å². The second kappa shape index (κ2) is 7.99. The molecular weight excluding hydrogens is 302 g/mol. The van der Waals surface area contributed by atoms with Crippen molar-refractivity contribution in [3.05, 3.63) is 35.6 Å². The van der Waals surface area contributed by atoms with Crippen molar-refractivity contribution in [3.63, 3.8) is 0 Å². The smallest absolute Gasteiger partial charge is 0.300 e. The molecule has 1 aromatic rings. The second-order valence-electron chi connectivity index (χ2n) is 5.93. The Hall–Kier alpha value is -2.30. The maximum atomic E-state index is 12.4. The van der Waals surface area contributed by atoms with Crippen molar-refractivity contribution in [1.29, 1.82) is 0 Å². The van der Waals surface area contributed by atoms with Crippen LogP contribution in [0.5, 0.6) is 0 Å². The van der Waals surface area contributed by atoms with E-state index in [-0.39, 0.29) is 11.9 Å². The lowest BCUT2D eigenvalue weighted by atomic mass is 10.1. The van der Waals surface area contributed by atoms with E-state index < -0.39 is 0 Å². The first-order valence-corrected chi connectivity index (χ1v) is 8.64. The molecule has 0 saturated carbocycles. The van der Waals surface area contributed by atoms with E-state index in [1.165, 1.54) is 5.69 Å². The number of amidine groups is 1. The van der Waals surface area contributed by atoms with E-state index in [0.29, 0.717) is 18.3 Å². The lowest BCUT2D eigenvalue weighted by Crippen LogP contribution is -2.30. The Morgan fingerprint density at radius 1 is 1.17 bits per heavy atom. The molecule has 0 atom stereocenters. The van der Waals surface area contributed by atoms with Gasteiger partial charge < -0.3 is 9.64 Å². The summed E-state index contributed by atoms with van der Waals surface area (Å²) < 4.78 is 5.69. The van der Waals surface area contributed by atoms with Crippen LogP contribution in [0, 0.1) is 0 Å². The highest BCUT2D eigenvalue weighted by atomic mass is 16.5. The van der Waals surface area contributed by atoms with Crippen molar-refractivity contribution in [2.45, 2.75) is 40.7 Å². The molecule has 1 fully saturated rings. The van der Waals surface area contributed by atoms with Gasteiger partial charge in [0.2, 0.25) is 0 Å². The van der Waals surface area contributed by atoms with Gasteiger partial charge in [-0.05, 0) is 58.4 Å². The number of amides is 1. The summed E-state index contributed by atoms with van der Waals surface area (Å²) in [5, 5.41) is 0. The van der Waals surface area contributed by atoms with E-state index in [1.54, 1.807) is 11.0 Å². The summed E-state index contributed by atoms with van der Waals surface area (Å²) in [6, 6.07) is 8.62. The molecule has 0 bridgehead atoms. The van der Waals surface area contributed by atoms with Crippen LogP contribution in [0.25, 0.3) is 6.08 Å². The number of ether oxygens (including phenoxy) is 1. The van der Waals surface area contributed by atoms with Crippen LogP contribution < -0.4 is 4.90 Å². The molecule has 5 heteroatoms. The zero-order valence-electron chi connectivity index (χ0n) is 15.2. The van der Waals surface area contributed by atoms with Crippen molar-refractivity contribution < 1.29 is 9.53 Å². The van der Waals surface area contributed by atoms with Gasteiger partial charge in [-0.2, -0.15) is 0 Å². The largest absolute Gasteiger partial charge is 0.420 e. The van der Waals surface area contributed by atoms with Gasteiger partial charge in [-0.3, -0.25) is 9.69 Å². The molecule has 0 aromatic heterocycles. The van der Waals surface area contributed by atoms with E-state index in [9.17, 15) is 4.79 Å². The number of anilines is 1. The Morgan fingerprint density at radius 2 is 1.79 bits per heavy atom. The maximum Gasteiger partial charge on any atom is 0.300 e. The molecule has 130 valence electrons. The van der Waals surface area contributed by atoms with E-state index in [2.05, 4.69) is 35.9 Å². The molecule has 1 saturated heterocycles. The summed E-state index contributed by atoms with van der Waals surface area (Å²) in [5.74, 6) is 0.191. The van der Waals surface area contributed by atoms with Crippen molar-refractivity contribution in [1.82, 2.24) is 4.90 Å². The number of carbonyl (C=O) groups is 1. The van der Waals surface area contributed by atoms with Crippen LogP contribution in [0.15, 0.2) is 35.0 Å². The van der Waals surface area contributed by atoms with E-state index in [4.69, 9.17) is 4.74 Å². The summed E-state index contributed by atoms with van der Waals surface area (Å²) in [4.78, 5) is 20.7. The van der Waals surface area contributed by atoms with Crippen molar-refractivity contribution in [2.75, 3.05) is 24.5 Å². The predicted octanol–water partition coefficient (Wildman–Crippen LogP) is 3.52. The first kappa shape index (κ1) is 18.0. The average Bonchev–Trinajstić information content (AvgIpc) is 2.84. The molecule has 1 aliphatic rings. The van der Waals surface area contributed by atoms with Gasteiger partial charge in [0.25, 0.3) is 5.91 Å². The Balaban J connectivity index is 2.23. The fourth-order valence-corrected chi connectivity index (χ4v) is 2.63. The van der Waals surface area contributed by atoms with Gasteiger partial charge in [0.15, 0.2) is 5.76 Å². The molecule has 0 N–H and O–H groups in total. The fourth-order valence-electron chi connectivity index (χ4n) is 2.63. The van der Waals surface area contributed by atoms with Crippen molar-refractivity contribution in [2.24, 2.45) is 4.99 Å². The van der Waals surface area contributed by atoms with Gasteiger partial charge in [0.1, 0.15) is 0 Å². The van der Waals surface area contributed by atoms with Gasteiger partial charge in [-0.1, -0.05) is 12.1 Å². The number of hydrogen-bond donors (Lipinski definition) is 0. The molecule has 1 heterocycles. The number of nitrogens with zero attached hydrogens (tertiary/aromatic N) is 3. The van der Waals surface area contributed by atoms with Crippen LogP contribution in [0.2, 0.25) is 0 Å². The lowest BCUT2D eigenvalue weighted by Gasteiger charge is -2.20. The minimum atomic E-state index is -0.135. The van der Waals surface area contributed by atoms with Gasteiger partial charge in [0.05, 0.1) is 0 Å². The Kier molecular flexibility index (Phi) is 6.01. The third-order valence-electron chi connectivity index (χ3n) is 3.89. The lowest BCUT2D eigenvalue weighted by molar-refractivity contribution is -0.122. The van der Waals surface area contributed by atoms with Crippen LogP contribution in [0.3, 0.4) is 0 Å². The second-order valence-corrected chi connectivity index (χ2v) is 5.93. The molecule has 0 unspecified atom stereocenters. The Labute approximate surface area is 144 Å². The molecule has 1 aromatic carbocycles. The monoisotopic (exact) mass is 329 g/mol. The standard InChI is InChI=1S/C19H27N3O2/c1-6-21(7-2)16-11-9-15(10-12-16)13-17-18(23)22(8-3)19(24-17)20-14(4)5/h9-14H,6-8H2,1-5H3/b17-13+,20-19+.